The van der Waals surface area contributed by atoms with Gasteiger partial charge in [-0.25, -0.2) is 0 Å². The zero-order chi connectivity index (χ0) is 25.3. The number of rotatable bonds is 9. The zero-order valence-corrected chi connectivity index (χ0v) is 21.6. The minimum Gasteiger partial charge on any atom is -0.497 e. The third kappa shape index (κ3) is 6.38. The SMILES string of the molecule is COc1ccc([C@@H]2[C@@H](C(=O)NCCCN3CCCCCC3)CCC(=O)N2c2ccc(OC)cc2)cc1. The van der Waals surface area contributed by atoms with Gasteiger partial charge in [-0.15, -0.1) is 0 Å². The molecule has 7 heteroatoms. The molecule has 0 unspecified atom stereocenters. The molecular formula is C29H39N3O4. The summed E-state index contributed by atoms with van der Waals surface area (Å²) in [6.45, 7) is 3.99. The number of amides is 2. The van der Waals surface area contributed by atoms with Gasteiger partial charge in [-0.1, -0.05) is 25.0 Å². The molecule has 2 saturated heterocycles. The fourth-order valence-corrected chi connectivity index (χ4v) is 5.40. The first-order chi connectivity index (χ1) is 17.6. The minimum absolute atomic E-state index is 0.0118. The van der Waals surface area contributed by atoms with Gasteiger partial charge < -0.3 is 24.6 Å². The summed E-state index contributed by atoms with van der Waals surface area (Å²) in [4.78, 5) is 31.0. The number of piperidine rings is 1. The van der Waals surface area contributed by atoms with Crippen molar-refractivity contribution in [1.29, 1.82) is 0 Å². The number of ether oxygens (including phenoxy) is 2. The van der Waals surface area contributed by atoms with Crippen LogP contribution in [0.2, 0.25) is 0 Å². The zero-order valence-electron chi connectivity index (χ0n) is 21.6. The van der Waals surface area contributed by atoms with Crippen molar-refractivity contribution >= 4 is 17.5 Å². The summed E-state index contributed by atoms with van der Waals surface area (Å²) in [5, 5.41) is 3.19. The number of hydrogen-bond donors (Lipinski definition) is 1. The molecule has 2 atom stereocenters. The van der Waals surface area contributed by atoms with Gasteiger partial charge in [0.1, 0.15) is 11.5 Å². The van der Waals surface area contributed by atoms with Crippen LogP contribution in [-0.4, -0.2) is 57.1 Å². The van der Waals surface area contributed by atoms with Gasteiger partial charge in [0, 0.05) is 18.7 Å². The van der Waals surface area contributed by atoms with Crippen molar-refractivity contribution in [2.75, 3.05) is 45.3 Å². The second-order valence-corrected chi connectivity index (χ2v) is 9.73. The van der Waals surface area contributed by atoms with Crippen molar-refractivity contribution in [1.82, 2.24) is 10.2 Å². The Morgan fingerprint density at radius 1 is 0.917 bits per heavy atom. The summed E-state index contributed by atoms with van der Waals surface area (Å²) in [5.74, 6) is 1.16. The third-order valence-electron chi connectivity index (χ3n) is 7.39. The Bertz CT molecular complexity index is 985. The van der Waals surface area contributed by atoms with E-state index in [2.05, 4.69) is 10.2 Å². The topological polar surface area (TPSA) is 71.1 Å². The van der Waals surface area contributed by atoms with Crippen molar-refractivity contribution in [3.63, 3.8) is 0 Å². The Balaban J connectivity index is 1.50. The summed E-state index contributed by atoms with van der Waals surface area (Å²) in [7, 11) is 3.25. The van der Waals surface area contributed by atoms with E-state index in [4.69, 9.17) is 9.47 Å². The average Bonchev–Trinajstić information content (AvgIpc) is 3.20. The highest BCUT2D eigenvalue weighted by Crippen LogP contribution is 2.41. The summed E-state index contributed by atoms with van der Waals surface area (Å²) >= 11 is 0. The van der Waals surface area contributed by atoms with Crippen LogP contribution in [0.5, 0.6) is 11.5 Å². The Morgan fingerprint density at radius 2 is 1.53 bits per heavy atom. The van der Waals surface area contributed by atoms with Gasteiger partial charge in [0.15, 0.2) is 0 Å². The normalized spacial score (nSPS) is 21.1. The molecule has 194 valence electrons. The van der Waals surface area contributed by atoms with Crippen LogP contribution in [0.1, 0.15) is 56.6 Å². The number of likely N-dealkylation sites (tertiary alicyclic amines) is 1. The number of anilines is 1. The molecule has 2 heterocycles. The van der Waals surface area contributed by atoms with E-state index < -0.39 is 6.04 Å². The molecule has 1 N–H and O–H groups in total. The highest BCUT2D eigenvalue weighted by molar-refractivity contribution is 5.97. The quantitative estimate of drug-likeness (QED) is 0.518. The van der Waals surface area contributed by atoms with Crippen LogP contribution in [-0.2, 0) is 9.59 Å². The molecule has 2 amide bonds. The summed E-state index contributed by atoms with van der Waals surface area (Å²) < 4.78 is 10.6. The summed E-state index contributed by atoms with van der Waals surface area (Å²) in [6, 6.07) is 14.8. The highest BCUT2D eigenvalue weighted by atomic mass is 16.5. The lowest BCUT2D eigenvalue weighted by Gasteiger charge is -2.41. The fraction of sp³-hybridized carbons (Fsp3) is 0.517. The number of carbonyl (C=O) groups is 2. The predicted octanol–water partition coefficient (Wildman–Crippen LogP) is 4.57. The number of nitrogens with one attached hydrogen (secondary N) is 1. The molecule has 7 nitrogen and oxygen atoms in total. The molecular weight excluding hydrogens is 454 g/mol. The van der Waals surface area contributed by atoms with E-state index in [1.165, 1.54) is 25.7 Å². The van der Waals surface area contributed by atoms with Crippen LogP contribution in [0.3, 0.4) is 0 Å². The molecule has 2 aromatic carbocycles. The second kappa shape index (κ2) is 12.8. The van der Waals surface area contributed by atoms with Gasteiger partial charge in [0.25, 0.3) is 0 Å². The van der Waals surface area contributed by atoms with E-state index in [0.29, 0.717) is 19.4 Å². The van der Waals surface area contributed by atoms with Crippen LogP contribution in [0.15, 0.2) is 48.5 Å². The first-order valence-electron chi connectivity index (χ1n) is 13.2. The molecule has 2 fully saturated rings. The van der Waals surface area contributed by atoms with Gasteiger partial charge >= 0.3 is 0 Å². The summed E-state index contributed by atoms with van der Waals surface area (Å²) in [5.41, 5.74) is 1.68. The van der Waals surface area contributed by atoms with Crippen molar-refractivity contribution < 1.29 is 19.1 Å². The maximum absolute atomic E-state index is 13.5. The molecule has 0 radical (unpaired) electrons. The Hall–Kier alpha value is -3.06. The largest absolute Gasteiger partial charge is 0.497 e. The van der Waals surface area contributed by atoms with Crippen LogP contribution >= 0.6 is 0 Å². The van der Waals surface area contributed by atoms with Crippen molar-refractivity contribution in [2.24, 2.45) is 5.92 Å². The van der Waals surface area contributed by atoms with E-state index >= 15 is 0 Å². The molecule has 0 spiro atoms. The molecule has 4 rings (SSSR count). The molecule has 0 bridgehead atoms. The van der Waals surface area contributed by atoms with Crippen molar-refractivity contribution in [3.05, 3.63) is 54.1 Å². The van der Waals surface area contributed by atoms with Gasteiger partial charge in [0.05, 0.1) is 26.2 Å². The molecule has 2 aliphatic heterocycles. The lowest BCUT2D eigenvalue weighted by molar-refractivity contribution is -0.129. The molecule has 2 aromatic rings. The smallest absolute Gasteiger partial charge is 0.227 e. The molecule has 36 heavy (non-hydrogen) atoms. The summed E-state index contributed by atoms with van der Waals surface area (Å²) in [6.07, 6.45) is 6.99. The highest BCUT2D eigenvalue weighted by Gasteiger charge is 2.41. The second-order valence-electron chi connectivity index (χ2n) is 9.73. The van der Waals surface area contributed by atoms with Crippen molar-refractivity contribution in [2.45, 2.75) is 51.0 Å². The van der Waals surface area contributed by atoms with Gasteiger partial charge in [0.2, 0.25) is 11.8 Å². The van der Waals surface area contributed by atoms with Gasteiger partial charge in [-0.2, -0.15) is 0 Å². The van der Waals surface area contributed by atoms with Crippen LogP contribution in [0.25, 0.3) is 0 Å². The number of nitrogens with zero attached hydrogens (tertiary/aromatic N) is 2. The molecule has 0 aromatic heterocycles. The predicted molar refractivity (Wildman–Crippen MR) is 141 cm³/mol. The average molecular weight is 494 g/mol. The van der Waals surface area contributed by atoms with E-state index in [9.17, 15) is 9.59 Å². The van der Waals surface area contributed by atoms with E-state index in [-0.39, 0.29) is 17.7 Å². The molecule has 0 aliphatic carbocycles. The monoisotopic (exact) mass is 493 g/mol. The Morgan fingerprint density at radius 3 is 2.14 bits per heavy atom. The maximum atomic E-state index is 13.5. The first kappa shape index (κ1) is 26.0. The van der Waals surface area contributed by atoms with E-state index in [1.54, 1.807) is 19.1 Å². The van der Waals surface area contributed by atoms with Crippen molar-refractivity contribution in [3.8, 4) is 11.5 Å². The van der Waals surface area contributed by atoms with E-state index in [1.807, 2.05) is 48.5 Å². The van der Waals surface area contributed by atoms with Crippen LogP contribution in [0, 0.1) is 5.92 Å². The minimum atomic E-state index is -0.392. The first-order valence-corrected chi connectivity index (χ1v) is 13.2. The van der Waals surface area contributed by atoms with E-state index in [0.717, 1.165) is 48.8 Å². The third-order valence-corrected chi connectivity index (χ3v) is 7.39. The van der Waals surface area contributed by atoms with Crippen LogP contribution < -0.4 is 19.7 Å². The maximum Gasteiger partial charge on any atom is 0.227 e. The molecule has 0 saturated carbocycles. The number of carbonyl (C=O) groups excluding carboxylic acids is 2. The van der Waals surface area contributed by atoms with Gasteiger partial charge in [-0.05, 0) is 87.3 Å². The number of hydrogen-bond acceptors (Lipinski definition) is 5. The standard InChI is InChI=1S/C29H39N3O4/c1-35-24-12-8-22(9-13-24)28-26(29(34)30-18-7-21-31-19-5-3-4-6-20-31)16-17-27(33)32(28)23-10-14-25(36-2)15-11-23/h8-15,26,28H,3-7,16-21H2,1-2H3,(H,30,34)/t26-,28+/m0/s1. The van der Waals surface area contributed by atoms with Crippen LogP contribution in [0.4, 0.5) is 5.69 Å². The number of benzene rings is 2. The lowest BCUT2D eigenvalue weighted by atomic mass is 9.83. The Labute approximate surface area is 214 Å². The lowest BCUT2D eigenvalue weighted by Crippen LogP contribution is -2.48. The van der Waals surface area contributed by atoms with Gasteiger partial charge in [-0.3, -0.25) is 9.59 Å². The Kier molecular flexibility index (Phi) is 9.23. The molecule has 2 aliphatic rings. The number of methoxy groups -OCH3 is 2. The fourth-order valence-electron chi connectivity index (χ4n) is 5.40.